The van der Waals surface area contributed by atoms with Gasteiger partial charge in [0.25, 0.3) is 0 Å². The Hall–Kier alpha value is -2.51. The molecule has 0 heterocycles. The molecule has 0 aliphatic carbocycles. The zero-order valence-corrected chi connectivity index (χ0v) is 32.6. The fraction of sp³-hybridized carbons (Fsp3) is 0.571. The number of para-hydroxylation sites is 3. The van der Waals surface area contributed by atoms with Gasteiger partial charge in [0.1, 0.15) is 17.2 Å². The van der Waals surface area contributed by atoms with Crippen LogP contribution in [0.3, 0.4) is 0 Å². The van der Waals surface area contributed by atoms with E-state index in [-0.39, 0.29) is 32.5 Å². The molecule has 0 unspecified atom stereocenters. The Bertz CT molecular complexity index is 1260. The molecule has 3 aromatic rings. The number of rotatable bonds is 12. The molecule has 3 rings (SSSR count). The summed E-state index contributed by atoms with van der Waals surface area (Å²) in [5, 5.41) is 0. The lowest BCUT2D eigenvalue weighted by Gasteiger charge is -2.36. The second kappa shape index (κ2) is 13.9. The Labute approximate surface area is 283 Å². The molecule has 254 valence electrons. The summed E-state index contributed by atoms with van der Waals surface area (Å²) in [5.41, 5.74) is 3.60. The largest absolute Gasteiger partial charge is 0.530 e. The summed E-state index contributed by atoms with van der Waals surface area (Å²) >= 11 is 0. The molecule has 0 saturated heterocycles. The molecular formula is C42H63O3P. The normalized spacial score (nSPS) is 13.6. The summed E-state index contributed by atoms with van der Waals surface area (Å²) < 4.78 is 20.7. The lowest BCUT2D eigenvalue weighted by Crippen LogP contribution is -2.26. The molecule has 0 spiro atoms. The minimum absolute atomic E-state index is 0.116. The van der Waals surface area contributed by atoms with E-state index in [0.29, 0.717) is 0 Å². The highest BCUT2D eigenvalue weighted by atomic mass is 31.2. The van der Waals surface area contributed by atoms with Gasteiger partial charge in [-0.3, -0.25) is 0 Å². The van der Waals surface area contributed by atoms with E-state index >= 15 is 0 Å². The van der Waals surface area contributed by atoms with E-state index in [0.717, 1.165) is 53.2 Å². The summed E-state index contributed by atoms with van der Waals surface area (Å²) in [6.45, 7) is 34.5. The minimum atomic E-state index is -1.88. The second-order valence-corrected chi connectivity index (χ2v) is 19.8. The number of benzene rings is 3. The zero-order chi connectivity index (χ0) is 34.8. The number of hydrogen-bond donors (Lipinski definition) is 0. The fourth-order valence-electron chi connectivity index (χ4n) is 7.88. The molecule has 0 saturated carbocycles. The van der Waals surface area contributed by atoms with Gasteiger partial charge >= 0.3 is 8.60 Å². The van der Waals surface area contributed by atoms with Gasteiger partial charge in [-0.25, -0.2) is 0 Å². The third-order valence-corrected chi connectivity index (χ3v) is 9.32. The summed E-state index contributed by atoms with van der Waals surface area (Å²) in [6.07, 6.45) is 3.02. The first-order valence-corrected chi connectivity index (χ1v) is 18.1. The van der Waals surface area contributed by atoms with E-state index in [1.807, 2.05) is 18.2 Å². The van der Waals surface area contributed by atoms with Crippen LogP contribution in [0.4, 0.5) is 0 Å². The predicted molar refractivity (Wildman–Crippen MR) is 199 cm³/mol. The first kappa shape index (κ1) is 37.9. The summed E-state index contributed by atoms with van der Waals surface area (Å²) in [5.74, 6) is 2.42. The van der Waals surface area contributed by atoms with E-state index in [4.69, 9.17) is 13.6 Å². The predicted octanol–water partition coefficient (Wildman–Crippen LogP) is 13.6. The Morgan fingerprint density at radius 1 is 0.370 bits per heavy atom. The molecule has 0 amide bonds. The first-order valence-electron chi connectivity index (χ1n) is 17.0. The van der Waals surface area contributed by atoms with Crippen molar-refractivity contribution in [2.45, 2.75) is 139 Å². The van der Waals surface area contributed by atoms with Crippen LogP contribution in [-0.4, -0.2) is 0 Å². The lowest BCUT2D eigenvalue weighted by molar-refractivity contribution is 0.275. The average Bonchev–Trinajstić information content (AvgIpc) is 2.85. The fourth-order valence-corrected chi connectivity index (χ4v) is 8.95. The van der Waals surface area contributed by atoms with Crippen LogP contribution < -0.4 is 13.6 Å². The van der Waals surface area contributed by atoms with Gasteiger partial charge in [0.15, 0.2) is 0 Å². The van der Waals surface area contributed by atoms with Gasteiger partial charge in [-0.2, -0.15) is 0 Å². The molecule has 0 bridgehead atoms. The second-order valence-electron chi connectivity index (χ2n) is 18.8. The third-order valence-electron chi connectivity index (χ3n) is 8.28. The molecule has 0 aliphatic heterocycles. The topological polar surface area (TPSA) is 27.7 Å². The van der Waals surface area contributed by atoms with E-state index in [9.17, 15) is 0 Å². The van der Waals surface area contributed by atoms with Crippen LogP contribution >= 0.6 is 8.60 Å². The summed E-state index contributed by atoms with van der Waals surface area (Å²) in [4.78, 5) is 0. The molecule has 0 atom stereocenters. The third kappa shape index (κ3) is 11.0. The molecule has 0 aromatic heterocycles. The highest BCUT2D eigenvalue weighted by molar-refractivity contribution is 7.43. The van der Waals surface area contributed by atoms with Crippen molar-refractivity contribution in [1.82, 2.24) is 0 Å². The van der Waals surface area contributed by atoms with Gasteiger partial charge < -0.3 is 13.6 Å². The van der Waals surface area contributed by atoms with E-state index in [1.54, 1.807) is 0 Å². The highest BCUT2D eigenvalue weighted by Gasteiger charge is 2.36. The smallest absolute Gasteiger partial charge is 0.408 e. The standard InChI is InChI=1S/C42H63O3P/c1-37(2,3)28-40(10,11)31-22-16-19-25-34(31)43-46(44-35-26-20-17-23-32(35)41(12,13)29-38(4,5)6)45-36-27-21-18-24-33(36)42(14,15)30-39(7,8)9/h16-27H,28-30H2,1-15H3. The number of hydrogen-bond acceptors (Lipinski definition) is 3. The van der Waals surface area contributed by atoms with Crippen molar-refractivity contribution in [1.29, 1.82) is 0 Å². The van der Waals surface area contributed by atoms with Crippen LogP contribution in [0.15, 0.2) is 72.8 Å². The van der Waals surface area contributed by atoms with E-state index in [1.165, 1.54) is 0 Å². The van der Waals surface area contributed by atoms with Crippen molar-refractivity contribution in [3.05, 3.63) is 89.5 Å². The van der Waals surface area contributed by atoms with Gasteiger partial charge in [-0.05, 0) is 70.0 Å². The molecule has 0 radical (unpaired) electrons. The van der Waals surface area contributed by atoms with Crippen molar-refractivity contribution in [3.63, 3.8) is 0 Å². The van der Waals surface area contributed by atoms with Gasteiger partial charge in [0, 0.05) is 16.7 Å². The maximum absolute atomic E-state index is 6.91. The first-order chi connectivity index (χ1) is 20.9. The van der Waals surface area contributed by atoms with Crippen molar-refractivity contribution in [2.24, 2.45) is 16.2 Å². The Balaban J connectivity index is 2.14. The van der Waals surface area contributed by atoms with Crippen LogP contribution in [0, 0.1) is 16.2 Å². The SMILES string of the molecule is CC(C)(C)CC(C)(C)c1ccccc1OP(Oc1ccccc1C(C)(C)CC(C)(C)C)Oc1ccccc1C(C)(C)CC(C)(C)C. The van der Waals surface area contributed by atoms with Gasteiger partial charge in [-0.15, -0.1) is 0 Å². The molecule has 46 heavy (non-hydrogen) atoms. The highest BCUT2D eigenvalue weighted by Crippen LogP contribution is 2.51. The van der Waals surface area contributed by atoms with Gasteiger partial charge in [0.05, 0.1) is 0 Å². The van der Waals surface area contributed by atoms with Gasteiger partial charge in [0.2, 0.25) is 0 Å². The average molecular weight is 647 g/mol. The maximum atomic E-state index is 6.91. The van der Waals surface area contributed by atoms with Crippen LogP contribution in [0.5, 0.6) is 17.2 Å². The maximum Gasteiger partial charge on any atom is 0.530 e. The molecule has 0 aliphatic rings. The Kier molecular flexibility index (Phi) is 11.5. The zero-order valence-electron chi connectivity index (χ0n) is 31.7. The summed E-state index contributed by atoms with van der Waals surface area (Å²) in [6, 6.07) is 25.2. The molecule has 4 heteroatoms. The van der Waals surface area contributed by atoms with Crippen LogP contribution in [-0.2, 0) is 16.2 Å². The summed E-state index contributed by atoms with van der Waals surface area (Å²) in [7, 11) is -1.88. The molecule has 0 N–H and O–H groups in total. The monoisotopic (exact) mass is 646 g/mol. The van der Waals surface area contributed by atoms with Crippen LogP contribution in [0.25, 0.3) is 0 Å². The molecule has 3 nitrogen and oxygen atoms in total. The Morgan fingerprint density at radius 2 is 0.587 bits per heavy atom. The molecular weight excluding hydrogens is 583 g/mol. The Morgan fingerprint density at radius 3 is 0.804 bits per heavy atom. The van der Waals surface area contributed by atoms with Crippen molar-refractivity contribution < 1.29 is 13.6 Å². The van der Waals surface area contributed by atoms with E-state index < -0.39 is 8.60 Å². The van der Waals surface area contributed by atoms with Crippen molar-refractivity contribution >= 4 is 8.60 Å². The van der Waals surface area contributed by atoms with Crippen molar-refractivity contribution in [2.75, 3.05) is 0 Å². The van der Waals surface area contributed by atoms with Crippen LogP contribution in [0.2, 0.25) is 0 Å². The van der Waals surface area contributed by atoms with Crippen molar-refractivity contribution in [3.8, 4) is 17.2 Å². The molecule has 0 fully saturated rings. The van der Waals surface area contributed by atoms with E-state index in [2.05, 4.69) is 158 Å². The quantitative estimate of drug-likeness (QED) is 0.183. The lowest BCUT2D eigenvalue weighted by atomic mass is 9.72. The molecule has 3 aromatic carbocycles. The minimum Gasteiger partial charge on any atom is -0.408 e. The van der Waals surface area contributed by atoms with Gasteiger partial charge in [-0.1, -0.05) is 158 Å². The van der Waals surface area contributed by atoms with Crippen LogP contribution in [0.1, 0.15) is 140 Å².